The second kappa shape index (κ2) is 6.94. The van der Waals surface area contributed by atoms with Gasteiger partial charge >= 0.3 is 0 Å². The third-order valence-electron chi connectivity index (χ3n) is 3.33. The van der Waals surface area contributed by atoms with E-state index in [1.807, 2.05) is 7.05 Å². The van der Waals surface area contributed by atoms with Crippen molar-refractivity contribution in [3.8, 4) is 0 Å². The summed E-state index contributed by atoms with van der Waals surface area (Å²) < 4.78 is 5.51. The molecule has 1 rings (SSSR count). The van der Waals surface area contributed by atoms with Crippen LogP contribution < -0.4 is 5.32 Å². The van der Waals surface area contributed by atoms with Gasteiger partial charge in [-0.1, -0.05) is 20.8 Å². The average molecular weight is 267 g/mol. The highest BCUT2D eigenvalue weighted by Gasteiger charge is 2.23. The van der Waals surface area contributed by atoms with Crippen LogP contribution in [-0.4, -0.2) is 50.1 Å². The van der Waals surface area contributed by atoms with E-state index in [1.54, 1.807) is 0 Å². The summed E-state index contributed by atoms with van der Waals surface area (Å²) in [5.41, 5.74) is 1.30. The molecule has 1 aliphatic heterocycles. The molecule has 1 saturated heterocycles. The summed E-state index contributed by atoms with van der Waals surface area (Å²) in [4.78, 5) is 7.01. The summed E-state index contributed by atoms with van der Waals surface area (Å²) in [7, 11) is 1.98. The average Bonchev–Trinajstić information content (AvgIpc) is 2.33. The second-order valence-electron chi connectivity index (χ2n) is 6.01. The van der Waals surface area contributed by atoms with Crippen molar-refractivity contribution < 1.29 is 4.74 Å². The molecule has 1 fully saturated rings. The van der Waals surface area contributed by atoms with Crippen LogP contribution >= 0.6 is 0 Å². The number of aliphatic imine (C=N–C) groups is 1. The number of amidine groups is 1. The van der Waals surface area contributed by atoms with Crippen molar-refractivity contribution in [1.29, 1.82) is 0 Å². The van der Waals surface area contributed by atoms with Gasteiger partial charge in [0.1, 0.15) is 5.84 Å². The molecule has 19 heavy (non-hydrogen) atoms. The quantitative estimate of drug-likeness (QED) is 0.629. The maximum absolute atomic E-state index is 5.51. The smallest absolute Gasteiger partial charge is 0.125 e. The van der Waals surface area contributed by atoms with E-state index in [0.29, 0.717) is 6.04 Å². The van der Waals surface area contributed by atoms with Crippen LogP contribution in [0.15, 0.2) is 16.8 Å². The first-order valence-corrected chi connectivity index (χ1v) is 7.19. The molecule has 0 spiro atoms. The highest BCUT2D eigenvalue weighted by Crippen LogP contribution is 2.23. The molecule has 0 aromatic heterocycles. The number of ether oxygens (including phenoxy) is 1. The van der Waals surface area contributed by atoms with Gasteiger partial charge in [0, 0.05) is 31.2 Å². The van der Waals surface area contributed by atoms with Gasteiger partial charge in [-0.05, 0) is 19.9 Å². The first-order valence-electron chi connectivity index (χ1n) is 7.19. The molecule has 0 radical (unpaired) electrons. The summed E-state index contributed by atoms with van der Waals surface area (Å²) in [5.74, 6) is 1.07. The summed E-state index contributed by atoms with van der Waals surface area (Å²) in [6.07, 6.45) is 2.19. The van der Waals surface area contributed by atoms with Crippen molar-refractivity contribution in [1.82, 2.24) is 10.2 Å². The summed E-state index contributed by atoms with van der Waals surface area (Å²) >= 11 is 0. The number of nitrogens with one attached hydrogen (secondary N) is 1. The monoisotopic (exact) mass is 267 g/mol. The van der Waals surface area contributed by atoms with Gasteiger partial charge < -0.3 is 15.0 Å². The van der Waals surface area contributed by atoms with Crippen LogP contribution in [0.4, 0.5) is 0 Å². The lowest BCUT2D eigenvalue weighted by atomic mass is 9.91. The first-order chi connectivity index (χ1) is 8.90. The van der Waals surface area contributed by atoms with Crippen LogP contribution in [0.25, 0.3) is 0 Å². The van der Waals surface area contributed by atoms with E-state index in [1.165, 1.54) is 5.70 Å². The molecule has 4 heteroatoms. The standard InChI is InChI=1S/C15H29N3O/c1-7-17-14(10-13(16-6)15(3,4)5)18-8-9-19-11-12(18)2/h10,12,16H,7-9,11H2,1-6H3/b13-10-,17-14?/t12-/m1/s1. The van der Waals surface area contributed by atoms with Gasteiger partial charge in [-0.2, -0.15) is 0 Å². The summed E-state index contributed by atoms with van der Waals surface area (Å²) in [6.45, 7) is 14.2. The molecule has 0 bridgehead atoms. The minimum atomic E-state index is 0.0960. The summed E-state index contributed by atoms with van der Waals surface area (Å²) in [6, 6.07) is 0.383. The van der Waals surface area contributed by atoms with Gasteiger partial charge in [-0.25, -0.2) is 0 Å². The van der Waals surface area contributed by atoms with Gasteiger partial charge in [-0.3, -0.25) is 4.99 Å². The fourth-order valence-electron chi connectivity index (χ4n) is 2.24. The maximum atomic E-state index is 5.51. The van der Waals surface area contributed by atoms with E-state index in [4.69, 9.17) is 4.74 Å². The van der Waals surface area contributed by atoms with Crippen molar-refractivity contribution in [2.24, 2.45) is 10.4 Å². The maximum Gasteiger partial charge on any atom is 0.125 e. The lowest BCUT2D eigenvalue weighted by molar-refractivity contribution is 0.0335. The van der Waals surface area contributed by atoms with E-state index in [2.05, 4.69) is 55.9 Å². The van der Waals surface area contributed by atoms with Crippen LogP contribution in [0.2, 0.25) is 0 Å². The SMILES string of the molecule is CCN=C(/C=C(\NC)C(C)(C)C)N1CCOC[C@H]1C. The number of morpholine rings is 1. The van der Waals surface area contributed by atoms with Crippen LogP contribution in [-0.2, 0) is 4.74 Å². The van der Waals surface area contributed by atoms with E-state index < -0.39 is 0 Å². The molecule has 0 amide bonds. The number of allylic oxidation sites excluding steroid dienone is 1. The van der Waals surface area contributed by atoms with Crippen LogP contribution in [0.5, 0.6) is 0 Å². The number of hydrogen-bond acceptors (Lipinski definition) is 3. The minimum Gasteiger partial charge on any atom is -0.391 e. The molecule has 4 nitrogen and oxygen atoms in total. The fourth-order valence-corrected chi connectivity index (χ4v) is 2.24. The molecule has 0 unspecified atom stereocenters. The van der Waals surface area contributed by atoms with Gasteiger partial charge in [0.25, 0.3) is 0 Å². The predicted molar refractivity (Wildman–Crippen MR) is 81.6 cm³/mol. The van der Waals surface area contributed by atoms with E-state index in [0.717, 1.165) is 32.1 Å². The zero-order chi connectivity index (χ0) is 14.5. The van der Waals surface area contributed by atoms with Crippen molar-refractivity contribution >= 4 is 5.84 Å². The van der Waals surface area contributed by atoms with E-state index in [9.17, 15) is 0 Å². The highest BCUT2D eigenvalue weighted by molar-refractivity contribution is 5.94. The third kappa shape index (κ3) is 4.53. The van der Waals surface area contributed by atoms with Crippen LogP contribution in [0, 0.1) is 5.41 Å². The molecule has 0 saturated carbocycles. The van der Waals surface area contributed by atoms with Crippen molar-refractivity contribution in [3.05, 3.63) is 11.8 Å². The minimum absolute atomic E-state index is 0.0960. The van der Waals surface area contributed by atoms with Crippen molar-refractivity contribution in [2.45, 2.75) is 40.7 Å². The Hall–Kier alpha value is -1.03. The molecule has 1 N–H and O–H groups in total. The summed E-state index contributed by atoms with van der Waals surface area (Å²) in [5, 5.41) is 3.31. The predicted octanol–water partition coefficient (Wildman–Crippen LogP) is 2.27. The number of rotatable bonds is 3. The molecule has 1 atom stereocenters. The topological polar surface area (TPSA) is 36.9 Å². The molecule has 0 aromatic carbocycles. The second-order valence-corrected chi connectivity index (χ2v) is 6.01. The zero-order valence-corrected chi connectivity index (χ0v) is 13.3. The Bertz CT molecular complexity index is 342. The van der Waals surface area contributed by atoms with Crippen LogP contribution in [0.1, 0.15) is 34.6 Å². The Balaban J connectivity index is 3.00. The molecule has 1 heterocycles. The number of nitrogens with zero attached hydrogens (tertiary/aromatic N) is 2. The fraction of sp³-hybridized carbons (Fsp3) is 0.800. The molecular weight excluding hydrogens is 238 g/mol. The lowest BCUT2D eigenvalue weighted by Crippen LogP contribution is -2.47. The van der Waals surface area contributed by atoms with Gasteiger partial charge in [0.2, 0.25) is 0 Å². The molecule has 110 valence electrons. The first kappa shape index (κ1) is 16.0. The Morgan fingerprint density at radius 1 is 1.47 bits per heavy atom. The largest absolute Gasteiger partial charge is 0.391 e. The molecule has 1 aliphatic rings. The normalized spacial score (nSPS) is 22.6. The van der Waals surface area contributed by atoms with E-state index >= 15 is 0 Å². The van der Waals surface area contributed by atoms with E-state index in [-0.39, 0.29) is 5.41 Å². The van der Waals surface area contributed by atoms with Crippen LogP contribution in [0.3, 0.4) is 0 Å². The van der Waals surface area contributed by atoms with Crippen molar-refractivity contribution in [3.63, 3.8) is 0 Å². The zero-order valence-electron chi connectivity index (χ0n) is 13.3. The number of hydrogen-bond donors (Lipinski definition) is 1. The third-order valence-corrected chi connectivity index (χ3v) is 3.33. The van der Waals surface area contributed by atoms with Gasteiger partial charge in [-0.15, -0.1) is 0 Å². The molecular formula is C15H29N3O. The Labute approximate surface area is 117 Å². The highest BCUT2D eigenvalue weighted by atomic mass is 16.5. The van der Waals surface area contributed by atoms with Crippen molar-refractivity contribution in [2.75, 3.05) is 33.4 Å². The Morgan fingerprint density at radius 2 is 2.16 bits per heavy atom. The Kier molecular flexibility index (Phi) is 5.85. The Morgan fingerprint density at radius 3 is 2.63 bits per heavy atom. The molecule has 0 aliphatic carbocycles. The van der Waals surface area contributed by atoms with Gasteiger partial charge in [0.05, 0.1) is 19.3 Å². The van der Waals surface area contributed by atoms with Gasteiger partial charge in [0.15, 0.2) is 0 Å². The molecule has 0 aromatic rings. The lowest BCUT2D eigenvalue weighted by Gasteiger charge is -2.36.